The molecule has 0 aliphatic carbocycles. The standard InChI is InChI=1S/C23H19F3N4O5/c24-23(25,26)13-6-9-15-16(11-13)29-19(18(28-15)22(34)35)27-14-7-4-12(5-8-14)20(31)30-10-2-1-3-17(30)21(32)33/h4-9,11,17H,1-3,10H2,(H,27,29)(H,32,33)(H,34,35). The van der Waals surface area contributed by atoms with E-state index in [0.717, 1.165) is 18.2 Å². The molecule has 0 radical (unpaired) electrons. The molecule has 1 aromatic heterocycles. The van der Waals surface area contributed by atoms with Crippen LogP contribution >= 0.6 is 0 Å². The van der Waals surface area contributed by atoms with E-state index in [1.165, 1.54) is 29.2 Å². The summed E-state index contributed by atoms with van der Waals surface area (Å²) in [5.41, 5.74) is -1.07. The summed E-state index contributed by atoms with van der Waals surface area (Å²) in [5.74, 6) is -3.22. The zero-order chi connectivity index (χ0) is 25.3. The molecule has 2 aromatic carbocycles. The molecule has 1 aliphatic heterocycles. The van der Waals surface area contributed by atoms with E-state index in [1.807, 2.05) is 0 Å². The Hall–Kier alpha value is -4.22. The number of piperidine rings is 1. The van der Waals surface area contributed by atoms with Gasteiger partial charge in [-0.25, -0.2) is 19.6 Å². The number of nitrogens with one attached hydrogen (secondary N) is 1. The molecule has 0 bridgehead atoms. The maximum atomic E-state index is 13.1. The van der Waals surface area contributed by atoms with Gasteiger partial charge in [0, 0.05) is 17.8 Å². The molecule has 3 aromatic rings. The van der Waals surface area contributed by atoms with E-state index in [4.69, 9.17) is 0 Å². The summed E-state index contributed by atoms with van der Waals surface area (Å²) < 4.78 is 39.2. The van der Waals surface area contributed by atoms with Crippen LogP contribution in [0.1, 0.15) is 45.7 Å². The lowest BCUT2D eigenvalue weighted by Crippen LogP contribution is -2.47. The number of carbonyl (C=O) groups excluding carboxylic acids is 1. The van der Waals surface area contributed by atoms with Gasteiger partial charge in [-0.15, -0.1) is 0 Å². The number of rotatable bonds is 5. The van der Waals surface area contributed by atoms with Crippen molar-refractivity contribution >= 4 is 40.4 Å². The minimum Gasteiger partial charge on any atom is -0.480 e. The molecule has 1 fully saturated rings. The number of fused-ring (bicyclic) bond motifs is 1. The number of hydrogen-bond donors (Lipinski definition) is 3. The lowest BCUT2D eigenvalue weighted by molar-refractivity contribution is -0.143. The van der Waals surface area contributed by atoms with Gasteiger partial charge in [-0.05, 0) is 61.7 Å². The van der Waals surface area contributed by atoms with E-state index in [1.54, 1.807) is 0 Å². The molecule has 1 atom stereocenters. The van der Waals surface area contributed by atoms with Crippen molar-refractivity contribution in [2.75, 3.05) is 11.9 Å². The average molecular weight is 488 g/mol. The molecule has 0 spiro atoms. The Morgan fingerprint density at radius 3 is 2.31 bits per heavy atom. The first-order valence-corrected chi connectivity index (χ1v) is 10.6. The smallest absolute Gasteiger partial charge is 0.416 e. The highest BCUT2D eigenvalue weighted by Gasteiger charge is 2.33. The fourth-order valence-corrected chi connectivity index (χ4v) is 3.90. The highest BCUT2D eigenvalue weighted by atomic mass is 19.4. The van der Waals surface area contributed by atoms with Gasteiger partial charge >= 0.3 is 18.1 Å². The maximum absolute atomic E-state index is 13.1. The van der Waals surface area contributed by atoms with E-state index in [9.17, 15) is 37.8 Å². The van der Waals surface area contributed by atoms with Gasteiger partial charge < -0.3 is 20.4 Å². The van der Waals surface area contributed by atoms with E-state index >= 15 is 0 Å². The molecule has 1 aliphatic rings. The number of alkyl halides is 3. The number of likely N-dealkylation sites (tertiary alicyclic amines) is 1. The van der Waals surface area contributed by atoms with Gasteiger partial charge in [0.1, 0.15) is 6.04 Å². The summed E-state index contributed by atoms with van der Waals surface area (Å²) in [6, 6.07) is 7.51. The van der Waals surface area contributed by atoms with Crippen LogP contribution in [0.4, 0.5) is 24.7 Å². The second-order valence-electron chi connectivity index (χ2n) is 7.98. The molecule has 1 unspecified atom stereocenters. The van der Waals surface area contributed by atoms with Gasteiger partial charge in [0.25, 0.3) is 5.91 Å². The zero-order valence-corrected chi connectivity index (χ0v) is 18.0. The number of benzene rings is 2. The van der Waals surface area contributed by atoms with Crippen LogP contribution in [0.5, 0.6) is 0 Å². The van der Waals surface area contributed by atoms with E-state index in [2.05, 4.69) is 15.3 Å². The Morgan fingerprint density at radius 1 is 0.971 bits per heavy atom. The van der Waals surface area contributed by atoms with Crippen molar-refractivity contribution in [3.8, 4) is 0 Å². The monoisotopic (exact) mass is 488 g/mol. The molecule has 0 saturated carbocycles. The Labute approximate surface area is 196 Å². The number of aromatic carboxylic acids is 1. The fraction of sp³-hybridized carbons (Fsp3) is 0.261. The van der Waals surface area contributed by atoms with Crippen molar-refractivity contribution in [3.63, 3.8) is 0 Å². The predicted octanol–water partition coefficient (Wildman–Crippen LogP) is 4.17. The molecule has 2 heterocycles. The Morgan fingerprint density at radius 2 is 1.69 bits per heavy atom. The van der Waals surface area contributed by atoms with Crippen LogP contribution < -0.4 is 5.32 Å². The molecular formula is C23H19F3N4O5. The van der Waals surface area contributed by atoms with Gasteiger partial charge in [0.2, 0.25) is 0 Å². The molecule has 182 valence electrons. The molecule has 1 saturated heterocycles. The summed E-state index contributed by atoms with van der Waals surface area (Å²) in [5, 5.41) is 21.6. The van der Waals surface area contributed by atoms with Crippen molar-refractivity contribution in [2.45, 2.75) is 31.5 Å². The van der Waals surface area contributed by atoms with Crippen molar-refractivity contribution in [1.29, 1.82) is 0 Å². The molecule has 9 nitrogen and oxygen atoms in total. The zero-order valence-electron chi connectivity index (χ0n) is 18.0. The summed E-state index contributed by atoms with van der Waals surface area (Å²) in [4.78, 5) is 45.2. The molecule has 4 rings (SSSR count). The average Bonchev–Trinajstić information content (AvgIpc) is 2.82. The minimum atomic E-state index is -4.61. The van der Waals surface area contributed by atoms with Crippen LogP contribution in [-0.2, 0) is 11.0 Å². The SMILES string of the molecule is O=C(O)c1nc2ccc(C(F)(F)F)cc2nc1Nc1ccc(C(=O)N2CCCCC2C(=O)O)cc1. The van der Waals surface area contributed by atoms with E-state index < -0.39 is 41.3 Å². The minimum absolute atomic E-state index is 0.0172. The lowest BCUT2D eigenvalue weighted by atomic mass is 10.0. The first-order valence-electron chi connectivity index (χ1n) is 10.6. The largest absolute Gasteiger partial charge is 0.480 e. The molecule has 12 heteroatoms. The van der Waals surface area contributed by atoms with Crippen LogP contribution in [-0.4, -0.2) is 55.5 Å². The van der Waals surface area contributed by atoms with Gasteiger partial charge in [-0.1, -0.05) is 0 Å². The number of carboxylic acids is 2. The van der Waals surface area contributed by atoms with Gasteiger partial charge in [0.05, 0.1) is 16.6 Å². The van der Waals surface area contributed by atoms with Crippen molar-refractivity contribution in [2.24, 2.45) is 0 Å². The lowest BCUT2D eigenvalue weighted by Gasteiger charge is -2.33. The van der Waals surface area contributed by atoms with Gasteiger partial charge in [-0.3, -0.25) is 4.79 Å². The number of aromatic nitrogens is 2. The Bertz CT molecular complexity index is 1310. The van der Waals surface area contributed by atoms with Crippen LogP contribution in [0.15, 0.2) is 42.5 Å². The number of hydrogen-bond acceptors (Lipinski definition) is 6. The van der Waals surface area contributed by atoms with Gasteiger partial charge in [-0.2, -0.15) is 13.2 Å². The predicted molar refractivity (Wildman–Crippen MR) is 118 cm³/mol. The summed E-state index contributed by atoms with van der Waals surface area (Å²) in [6.07, 6.45) is -2.82. The number of amides is 1. The summed E-state index contributed by atoms with van der Waals surface area (Å²) in [7, 11) is 0. The van der Waals surface area contributed by atoms with Gasteiger partial charge in [0.15, 0.2) is 11.5 Å². The van der Waals surface area contributed by atoms with Crippen LogP contribution in [0.25, 0.3) is 11.0 Å². The highest BCUT2D eigenvalue weighted by Crippen LogP contribution is 2.31. The van der Waals surface area contributed by atoms with Crippen LogP contribution in [0.3, 0.4) is 0 Å². The second kappa shape index (κ2) is 9.20. The number of nitrogens with zero attached hydrogens (tertiary/aromatic N) is 3. The normalized spacial score (nSPS) is 16.2. The Balaban J connectivity index is 1.62. The van der Waals surface area contributed by atoms with Crippen molar-refractivity contribution < 1.29 is 37.8 Å². The number of halogens is 3. The quantitative estimate of drug-likeness (QED) is 0.488. The maximum Gasteiger partial charge on any atom is 0.416 e. The third-order valence-corrected chi connectivity index (χ3v) is 5.64. The first kappa shape index (κ1) is 23.9. The number of aliphatic carboxylic acids is 1. The number of carbonyl (C=O) groups is 3. The molecule has 1 amide bonds. The molecule has 35 heavy (non-hydrogen) atoms. The highest BCUT2D eigenvalue weighted by molar-refractivity contribution is 5.97. The molecule has 3 N–H and O–H groups in total. The van der Waals surface area contributed by atoms with Crippen molar-refractivity contribution in [3.05, 3.63) is 59.3 Å². The summed E-state index contributed by atoms with van der Waals surface area (Å²) >= 11 is 0. The topological polar surface area (TPSA) is 133 Å². The van der Waals surface area contributed by atoms with E-state index in [-0.39, 0.29) is 22.4 Å². The second-order valence-corrected chi connectivity index (χ2v) is 7.98. The molecular weight excluding hydrogens is 469 g/mol. The third kappa shape index (κ3) is 5.00. The first-order chi connectivity index (χ1) is 16.5. The number of anilines is 2. The Kier molecular flexibility index (Phi) is 6.29. The van der Waals surface area contributed by atoms with Crippen LogP contribution in [0.2, 0.25) is 0 Å². The third-order valence-electron chi connectivity index (χ3n) is 5.64. The fourth-order valence-electron chi connectivity index (χ4n) is 3.90. The van der Waals surface area contributed by atoms with Crippen LogP contribution in [0, 0.1) is 0 Å². The van der Waals surface area contributed by atoms with Crippen molar-refractivity contribution in [1.82, 2.24) is 14.9 Å². The van der Waals surface area contributed by atoms with E-state index in [0.29, 0.717) is 31.5 Å². The summed E-state index contributed by atoms with van der Waals surface area (Å²) in [6.45, 7) is 0.324. The number of carboxylic acid groups (broad SMARTS) is 2.